The van der Waals surface area contributed by atoms with E-state index in [1.165, 1.54) is 11.1 Å². The predicted octanol–water partition coefficient (Wildman–Crippen LogP) is 3.17. The summed E-state index contributed by atoms with van der Waals surface area (Å²) < 4.78 is 2.16. The zero-order chi connectivity index (χ0) is 17.9. The highest BCUT2D eigenvalue weighted by Gasteiger charge is 2.11. The summed E-state index contributed by atoms with van der Waals surface area (Å²) in [6.07, 6.45) is 9.49. The summed E-state index contributed by atoms with van der Waals surface area (Å²) in [5.74, 6) is -1.11. The first kappa shape index (κ1) is 19.9. The number of hydrogen-bond donors (Lipinski definition) is 1. The quantitative estimate of drug-likeness (QED) is 0.793. The van der Waals surface area contributed by atoms with Crippen LogP contribution in [0.3, 0.4) is 0 Å². The van der Waals surface area contributed by atoms with Gasteiger partial charge in [0, 0.05) is 5.97 Å². The van der Waals surface area contributed by atoms with Crippen LogP contribution < -0.4 is 9.67 Å². The number of rotatable bonds is 7. The molecule has 1 N–H and O–H groups in total. The van der Waals surface area contributed by atoms with Crippen LogP contribution in [0, 0.1) is 12.8 Å². The summed E-state index contributed by atoms with van der Waals surface area (Å²) in [5, 5.41) is 10.3. The number of aromatic nitrogens is 2. The molecule has 0 amide bonds. The Labute approximate surface area is 145 Å². The Morgan fingerprint density at radius 1 is 1.33 bits per heavy atom. The lowest BCUT2D eigenvalue weighted by atomic mass is 10.00. The Bertz CT molecular complexity index is 593. The van der Waals surface area contributed by atoms with E-state index in [1.54, 1.807) is 0 Å². The molecule has 0 aliphatic heterocycles. The van der Waals surface area contributed by atoms with E-state index in [1.807, 2.05) is 25.6 Å². The van der Waals surface area contributed by atoms with E-state index in [-0.39, 0.29) is 5.92 Å². The third-order valence-electron chi connectivity index (χ3n) is 4.27. The highest BCUT2D eigenvalue weighted by molar-refractivity contribution is 5.67. The highest BCUT2D eigenvalue weighted by Crippen LogP contribution is 2.13. The molecule has 24 heavy (non-hydrogen) atoms. The minimum absolute atomic E-state index is 0.222. The van der Waals surface area contributed by atoms with Gasteiger partial charge in [-0.2, -0.15) is 0 Å². The van der Waals surface area contributed by atoms with Gasteiger partial charge in [0.25, 0.3) is 0 Å². The third kappa shape index (κ3) is 6.57. The second-order valence-electron chi connectivity index (χ2n) is 6.22. The number of nitrogens with one attached hydrogen (secondary N) is 1. The number of carboxylic acid groups (broad SMARTS) is 1. The molecule has 1 heterocycles. The van der Waals surface area contributed by atoms with E-state index in [9.17, 15) is 9.90 Å². The van der Waals surface area contributed by atoms with Crippen molar-refractivity contribution in [1.82, 2.24) is 4.98 Å². The van der Waals surface area contributed by atoms with Gasteiger partial charge in [-0.1, -0.05) is 56.5 Å². The molecule has 4 heteroatoms. The number of unbranched alkanes of at least 4 members (excludes halogenated alkanes) is 1. The molecule has 0 saturated heterocycles. The number of aromatic amines is 1. The Morgan fingerprint density at radius 2 is 2.08 bits per heavy atom. The van der Waals surface area contributed by atoms with Crippen LogP contribution in [0.15, 0.2) is 43.0 Å². The molecule has 1 aromatic heterocycles. The number of H-pyrrole nitrogens is 1. The summed E-state index contributed by atoms with van der Waals surface area (Å²) in [7, 11) is 0. The van der Waals surface area contributed by atoms with Crippen molar-refractivity contribution in [3.05, 3.63) is 54.1 Å². The average molecular weight is 330 g/mol. The lowest BCUT2D eigenvalue weighted by Gasteiger charge is -2.14. The van der Waals surface area contributed by atoms with Crippen LogP contribution in [0.2, 0.25) is 0 Å². The monoisotopic (exact) mass is 330 g/mol. The van der Waals surface area contributed by atoms with Gasteiger partial charge < -0.3 is 9.90 Å². The van der Waals surface area contributed by atoms with Crippen LogP contribution in [0.5, 0.6) is 0 Å². The number of aliphatic carboxylic acids is 1. The summed E-state index contributed by atoms with van der Waals surface area (Å²) in [6, 6.07) is 9.01. The molecule has 2 unspecified atom stereocenters. The molecule has 0 radical (unpaired) electrons. The van der Waals surface area contributed by atoms with E-state index in [2.05, 4.69) is 54.6 Å². The number of nitrogens with zero attached hydrogens (tertiary/aromatic N) is 1. The van der Waals surface area contributed by atoms with Gasteiger partial charge in [-0.15, -0.1) is 0 Å². The lowest BCUT2D eigenvalue weighted by Crippen LogP contribution is -2.35. The van der Waals surface area contributed by atoms with Crippen molar-refractivity contribution in [2.75, 3.05) is 0 Å². The number of hydrogen-bond acceptors (Lipinski definition) is 2. The predicted molar refractivity (Wildman–Crippen MR) is 94.3 cm³/mol. The van der Waals surface area contributed by atoms with Gasteiger partial charge in [0.1, 0.15) is 18.4 Å². The van der Waals surface area contributed by atoms with Crippen molar-refractivity contribution in [1.29, 1.82) is 0 Å². The number of carboxylic acids is 1. The molecule has 0 bridgehead atoms. The second-order valence-corrected chi connectivity index (χ2v) is 6.22. The first-order chi connectivity index (χ1) is 11.5. The molecule has 1 aromatic carbocycles. The number of imidazole rings is 1. The van der Waals surface area contributed by atoms with Crippen LogP contribution in [0.25, 0.3) is 0 Å². The first-order valence-corrected chi connectivity index (χ1v) is 8.80. The fraction of sp³-hybridized carbons (Fsp3) is 0.500. The van der Waals surface area contributed by atoms with E-state index in [4.69, 9.17) is 0 Å². The molecule has 0 saturated carbocycles. The van der Waals surface area contributed by atoms with Crippen LogP contribution in [-0.4, -0.2) is 11.0 Å². The summed E-state index contributed by atoms with van der Waals surface area (Å²) >= 11 is 0. The Morgan fingerprint density at radius 3 is 2.58 bits per heavy atom. The molecule has 0 fully saturated rings. The van der Waals surface area contributed by atoms with Gasteiger partial charge in [0.05, 0.1) is 0 Å². The van der Waals surface area contributed by atoms with Gasteiger partial charge in [-0.05, 0) is 38.2 Å². The minimum Gasteiger partial charge on any atom is -0.550 e. The minimum atomic E-state index is -0.893. The fourth-order valence-corrected chi connectivity index (χ4v) is 2.58. The molecular formula is C20H30N2O2. The molecule has 132 valence electrons. The Kier molecular flexibility index (Phi) is 8.84. The topological polar surface area (TPSA) is 59.8 Å². The van der Waals surface area contributed by atoms with Gasteiger partial charge in [-0.25, -0.2) is 4.57 Å². The highest BCUT2D eigenvalue weighted by atomic mass is 16.4. The summed E-state index contributed by atoms with van der Waals surface area (Å²) in [6.45, 7) is 8.26. The zero-order valence-corrected chi connectivity index (χ0v) is 15.3. The molecule has 2 atom stereocenters. The maximum Gasteiger partial charge on any atom is 0.242 e. The van der Waals surface area contributed by atoms with Gasteiger partial charge >= 0.3 is 0 Å². The second kappa shape index (κ2) is 10.6. The van der Waals surface area contributed by atoms with E-state index >= 15 is 0 Å². The maximum atomic E-state index is 10.3. The molecule has 2 rings (SSSR count). The molecule has 2 aromatic rings. The first-order valence-electron chi connectivity index (χ1n) is 8.80. The van der Waals surface area contributed by atoms with E-state index < -0.39 is 5.97 Å². The van der Waals surface area contributed by atoms with Crippen molar-refractivity contribution in [3.8, 4) is 0 Å². The molecule has 0 aliphatic rings. The Balaban J connectivity index is 0.000000257. The molecular weight excluding hydrogens is 300 g/mol. The van der Waals surface area contributed by atoms with Gasteiger partial charge in [0.15, 0.2) is 0 Å². The fourth-order valence-electron chi connectivity index (χ4n) is 2.58. The Hall–Kier alpha value is -2.10. The van der Waals surface area contributed by atoms with E-state index in [0.29, 0.717) is 12.5 Å². The van der Waals surface area contributed by atoms with E-state index in [0.717, 1.165) is 19.3 Å². The van der Waals surface area contributed by atoms with Crippen LogP contribution >= 0.6 is 0 Å². The lowest BCUT2D eigenvalue weighted by molar-refractivity contribution is -0.709. The van der Waals surface area contributed by atoms with Crippen molar-refractivity contribution in [2.24, 2.45) is 5.92 Å². The molecule has 4 nitrogen and oxygen atoms in total. The number of carbonyl (C=O) groups is 1. The van der Waals surface area contributed by atoms with Crippen LogP contribution in [0.4, 0.5) is 0 Å². The number of carbonyl (C=O) groups excluding carboxylic acids is 1. The summed E-state index contributed by atoms with van der Waals surface area (Å²) in [4.78, 5) is 13.4. The number of benzene rings is 1. The molecule has 0 spiro atoms. The maximum absolute atomic E-state index is 10.3. The number of aryl methyl sites for hydroxylation is 1. The normalized spacial score (nSPS) is 12.8. The largest absolute Gasteiger partial charge is 0.550 e. The average Bonchev–Trinajstić information content (AvgIpc) is 3.09. The molecule has 0 aliphatic carbocycles. The van der Waals surface area contributed by atoms with Crippen LogP contribution in [0.1, 0.15) is 63.6 Å². The van der Waals surface area contributed by atoms with Gasteiger partial charge in [0.2, 0.25) is 6.33 Å². The summed E-state index contributed by atoms with van der Waals surface area (Å²) in [5.41, 5.74) is 2.65. The van der Waals surface area contributed by atoms with Crippen molar-refractivity contribution in [3.63, 3.8) is 0 Å². The third-order valence-corrected chi connectivity index (χ3v) is 4.27. The smallest absolute Gasteiger partial charge is 0.242 e. The zero-order valence-electron chi connectivity index (χ0n) is 15.3. The van der Waals surface area contributed by atoms with Crippen molar-refractivity contribution >= 4 is 5.97 Å². The van der Waals surface area contributed by atoms with Gasteiger partial charge in [-0.3, -0.25) is 4.98 Å². The standard InChI is InChI=1S/C12H14N2.C8H16O2/c1-10-4-3-5-12(8-10)11(2)14-7-6-13-9-14;1-3-5-6-7(4-2)8(9)10/h3-9,11H,1-2H3;7H,3-6H2,1-2H3,(H,9,10). The van der Waals surface area contributed by atoms with Crippen LogP contribution in [-0.2, 0) is 4.79 Å². The van der Waals surface area contributed by atoms with Crippen molar-refractivity contribution in [2.45, 2.75) is 59.4 Å². The van der Waals surface area contributed by atoms with Crippen molar-refractivity contribution < 1.29 is 14.5 Å². The SMILES string of the molecule is CCCCC(CC)C(=O)[O-].Cc1cccc(C(C)[n+]2cc[nH]c2)c1.